The van der Waals surface area contributed by atoms with Crippen LogP contribution in [0.3, 0.4) is 0 Å². The molecule has 0 aliphatic carbocycles. The quantitative estimate of drug-likeness (QED) is 0.783. The number of hydrogen-bond acceptors (Lipinski definition) is 3. The Morgan fingerprint density at radius 1 is 1.32 bits per heavy atom. The molecular weight excluding hydrogens is 300 g/mol. The first-order valence-corrected chi connectivity index (χ1v) is 7.93. The van der Waals surface area contributed by atoms with Crippen molar-refractivity contribution < 1.29 is 9.53 Å². The number of carbonyl (C=O) groups excluding carboxylic acids is 1. The topological polar surface area (TPSA) is 41.6 Å². The molecule has 1 fully saturated rings. The molecule has 1 aromatic rings. The summed E-state index contributed by atoms with van der Waals surface area (Å²) >= 11 is 0. The number of likely N-dealkylation sites (N-methyl/N-ethyl adjacent to an activating group) is 1. The van der Waals surface area contributed by atoms with Crippen molar-refractivity contribution in [2.24, 2.45) is 0 Å². The lowest BCUT2D eigenvalue weighted by Gasteiger charge is -2.23. The van der Waals surface area contributed by atoms with Crippen molar-refractivity contribution in [2.75, 3.05) is 26.7 Å². The van der Waals surface area contributed by atoms with Crippen LogP contribution in [0.15, 0.2) is 24.3 Å². The van der Waals surface area contributed by atoms with Crippen LogP contribution in [-0.4, -0.2) is 43.6 Å². The lowest BCUT2D eigenvalue weighted by atomic mass is 10.1. The van der Waals surface area contributed by atoms with Gasteiger partial charge in [-0.1, -0.05) is 19.8 Å². The van der Waals surface area contributed by atoms with Crippen LogP contribution >= 0.6 is 12.4 Å². The largest absolute Gasteiger partial charge is 0.494 e. The first-order valence-electron chi connectivity index (χ1n) is 7.93. The average Bonchev–Trinajstić information content (AvgIpc) is 3.05. The normalized spacial score (nSPS) is 16.9. The lowest BCUT2D eigenvalue weighted by Crippen LogP contribution is -2.38. The van der Waals surface area contributed by atoms with Crippen LogP contribution in [0.1, 0.15) is 43.0 Å². The van der Waals surface area contributed by atoms with E-state index in [1.54, 1.807) is 0 Å². The zero-order valence-electron chi connectivity index (χ0n) is 13.5. The van der Waals surface area contributed by atoms with Crippen molar-refractivity contribution in [1.29, 1.82) is 0 Å². The van der Waals surface area contributed by atoms with Gasteiger partial charge in [0.15, 0.2) is 0 Å². The number of rotatable bonds is 7. The maximum Gasteiger partial charge on any atom is 0.253 e. The molecular formula is C17H27ClN2O2. The highest BCUT2D eigenvalue weighted by Crippen LogP contribution is 2.16. The van der Waals surface area contributed by atoms with E-state index in [0.717, 1.165) is 43.9 Å². The highest BCUT2D eigenvalue weighted by Gasteiger charge is 2.23. The minimum absolute atomic E-state index is 0. The molecule has 1 aliphatic heterocycles. The minimum atomic E-state index is 0. The molecule has 1 N–H and O–H groups in total. The van der Waals surface area contributed by atoms with Crippen molar-refractivity contribution in [3.63, 3.8) is 0 Å². The Hall–Kier alpha value is -1.26. The van der Waals surface area contributed by atoms with Gasteiger partial charge in [-0.15, -0.1) is 12.4 Å². The van der Waals surface area contributed by atoms with Gasteiger partial charge in [-0.3, -0.25) is 4.79 Å². The first kappa shape index (κ1) is 18.8. The van der Waals surface area contributed by atoms with Gasteiger partial charge in [-0.25, -0.2) is 0 Å². The highest BCUT2D eigenvalue weighted by molar-refractivity contribution is 5.94. The molecule has 0 radical (unpaired) electrons. The second kappa shape index (κ2) is 9.70. The molecule has 5 heteroatoms. The SMILES string of the molecule is CCCCCOc1ccc(C(=O)N(C)C2CCNC2)cc1.Cl. The van der Waals surface area contributed by atoms with Crippen LogP contribution in [0.5, 0.6) is 5.75 Å². The van der Waals surface area contributed by atoms with Gasteiger partial charge in [0.2, 0.25) is 0 Å². The molecule has 1 unspecified atom stereocenters. The van der Waals surface area contributed by atoms with E-state index < -0.39 is 0 Å². The average molecular weight is 327 g/mol. The van der Waals surface area contributed by atoms with Gasteiger partial charge < -0.3 is 15.0 Å². The number of halogens is 1. The lowest BCUT2D eigenvalue weighted by molar-refractivity contribution is 0.0744. The fourth-order valence-corrected chi connectivity index (χ4v) is 2.58. The highest BCUT2D eigenvalue weighted by atomic mass is 35.5. The zero-order valence-corrected chi connectivity index (χ0v) is 14.3. The molecule has 0 aromatic heterocycles. The third kappa shape index (κ3) is 5.18. The monoisotopic (exact) mass is 326 g/mol. The minimum Gasteiger partial charge on any atom is -0.494 e. The number of hydrogen-bond donors (Lipinski definition) is 1. The Morgan fingerprint density at radius 2 is 2.05 bits per heavy atom. The van der Waals surface area contributed by atoms with Gasteiger partial charge in [-0.2, -0.15) is 0 Å². The van der Waals surface area contributed by atoms with E-state index in [4.69, 9.17) is 4.74 Å². The van der Waals surface area contributed by atoms with Crippen LogP contribution < -0.4 is 10.1 Å². The molecule has 1 aliphatic rings. The van der Waals surface area contributed by atoms with Crippen LogP contribution in [0, 0.1) is 0 Å². The summed E-state index contributed by atoms with van der Waals surface area (Å²) in [6, 6.07) is 7.80. The summed E-state index contributed by atoms with van der Waals surface area (Å²) in [5.74, 6) is 0.925. The van der Waals surface area contributed by atoms with E-state index in [1.807, 2.05) is 36.2 Å². The number of nitrogens with zero attached hydrogens (tertiary/aromatic N) is 1. The predicted molar refractivity (Wildman–Crippen MR) is 92.1 cm³/mol. The molecule has 1 atom stereocenters. The summed E-state index contributed by atoms with van der Waals surface area (Å²) in [6.45, 7) is 4.80. The molecule has 22 heavy (non-hydrogen) atoms. The van der Waals surface area contributed by atoms with Crippen LogP contribution in [0.4, 0.5) is 0 Å². The number of benzene rings is 1. The Morgan fingerprint density at radius 3 is 2.64 bits per heavy atom. The maximum atomic E-state index is 12.4. The van der Waals surface area contributed by atoms with E-state index in [1.165, 1.54) is 12.8 Å². The first-order chi connectivity index (χ1) is 10.2. The standard InChI is InChI=1S/C17H26N2O2.ClH/c1-3-4-5-12-21-16-8-6-14(7-9-16)17(20)19(2)15-10-11-18-13-15;/h6-9,15,18H,3-5,10-13H2,1-2H3;1H. The third-order valence-corrected chi connectivity index (χ3v) is 4.02. The number of amides is 1. The third-order valence-electron chi connectivity index (χ3n) is 4.02. The molecule has 1 heterocycles. The molecule has 0 bridgehead atoms. The van der Waals surface area contributed by atoms with Gasteiger partial charge in [0, 0.05) is 25.2 Å². The van der Waals surface area contributed by atoms with E-state index in [2.05, 4.69) is 12.2 Å². The van der Waals surface area contributed by atoms with E-state index in [-0.39, 0.29) is 18.3 Å². The summed E-state index contributed by atoms with van der Waals surface area (Å²) < 4.78 is 5.67. The molecule has 0 spiro atoms. The molecule has 1 amide bonds. The van der Waals surface area contributed by atoms with Gasteiger partial charge in [0.05, 0.1) is 6.61 Å². The summed E-state index contributed by atoms with van der Waals surface area (Å²) in [5.41, 5.74) is 0.727. The van der Waals surface area contributed by atoms with Crippen LogP contribution in [0.2, 0.25) is 0 Å². The molecule has 0 saturated carbocycles. The molecule has 4 nitrogen and oxygen atoms in total. The second-order valence-corrected chi connectivity index (χ2v) is 5.64. The van der Waals surface area contributed by atoms with Gasteiger partial charge in [0.1, 0.15) is 5.75 Å². The van der Waals surface area contributed by atoms with Crippen LogP contribution in [-0.2, 0) is 0 Å². The smallest absolute Gasteiger partial charge is 0.253 e. The summed E-state index contributed by atoms with van der Waals surface area (Å²) in [6.07, 6.45) is 4.49. The van der Waals surface area contributed by atoms with Crippen molar-refractivity contribution in [2.45, 2.75) is 38.6 Å². The van der Waals surface area contributed by atoms with E-state index in [9.17, 15) is 4.79 Å². The van der Waals surface area contributed by atoms with Gasteiger partial charge in [-0.05, 0) is 43.7 Å². The van der Waals surface area contributed by atoms with Crippen molar-refractivity contribution in [1.82, 2.24) is 10.2 Å². The Kier molecular flexibility index (Phi) is 8.28. The Labute approximate surface area is 139 Å². The molecule has 124 valence electrons. The second-order valence-electron chi connectivity index (χ2n) is 5.64. The van der Waals surface area contributed by atoms with Gasteiger partial charge >= 0.3 is 0 Å². The Bertz CT molecular complexity index is 444. The fraction of sp³-hybridized carbons (Fsp3) is 0.588. The molecule has 1 aromatic carbocycles. The van der Waals surface area contributed by atoms with E-state index in [0.29, 0.717) is 6.04 Å². The summed E-state index contributed by atoms with van der Waals surface area (Å²) in [7, 11) is 1.88. The van der Waals surface area contributed by atoms with Crippen molar-refractivity contribution in [3.8, 4) is 5.75 Å². The predicted octanol–water partition coefficient (Wildman–Crippen LogP) is 3.11. The fourth-order valence-electron chi connectivity index (χ4n) is 2.58. The van der Waals surface area contributed by atoms with Crippen molar-refractivity contribution in [3.05, 3.63) is 29.8 Å². The number of carbonyl (C=O) groups is 1. The van der Waals surface area contributed by atoms with Gasteiger partial charge in [0.25, 0.3) is 5.91 Å². The zero-order chi connectivity index (χ0) is 15.1. The maximum absolute atomic E-state index is 12.4. The summed E-state index contributed by atoms with van der Waals surface area (Å²) in [5, 5.41) is 3.29. The van der Waals surface area contributed by atoms with Crippen LogP contribution in [0.25, 0.3) is 0 Å². The number of nitrogens with one attached hydrogen (secondary N) is 1. The summed E-state index contributed by atoms with van der Waals surface area (Å²) in [4.78, 5) is 14.2. The number of unbranched alkanes of at least 4 members (excludes halogenated alkanes) is 2. The molecule has 1 saturated heterocycles. The van der Waals surface area contributed by atoms with E-state index >= 15 is 0 Å². The van der Waals surface area contributed by atoms with Crippen molar-refractivity contribution >= 4 is 18.3 Å². The number of ether oxygens (including phenoxy) is 1. The Balaban J connectivity index is 0.00000242. The molecule has 2 rings (SSSR count).